The number of rotatable bonds is 11. The van der Waals surface area contributed by atoms with E-state index in [1.807, 2.05) is 31.4 Å². The van der Waals surface area contributed by atoms with Crippen LogP contribution in [0.15, 0.2) is 30.6 Å². The first-order chi connectivity index (χ1) is 18.2. The minimum Gasteiger partial charge on any atom is -0.481 e. The molecule has 0 radical (unpaired) electrons. The second-order valence-electron chi connectivity index (χ2n) is 9.84. The third kappa shape index (κ3) is 6.72. The van der Waals surface area contributed by atoms with Crippen molar-refractivity contribution in [1.82, 2.24) is 29.7 Å². The van der Waals surface area contributed by atoms with Crippen LogP contribution in [0.5, 0.6) is 5.88 Å². The van der Waals surface area contributed by atoms with Gasteiger partial charge in [0.15, 0.2) is 21.5 Å². The van der Waals surface area contributed by atoms with Crippen molar-refractivity contribution in [1.29, 1.82) is 0 Å². The van der Waals surface area contributed by atoms with E-state index >= 15 is 0 Å². The highest BCUT2D eigenvalue weighted by atomic mass is 32.2. The van der Waals surface area contributed by atoms with Crippen molar-refractivity contribution < 1.29 is 22.6 Å². The van der Waals surface area contributed by atoms with E-state index in [4.69, 9.17) is 14.2 Å². The molecule has 0 spiro atoms. The minimum absolute atomic E-state index is 0.0685. The van der Waals surface area contributed by atoms with Crippen LogP contribution in [0.25, 0.3) is 11.5 Å². The molecule has 206 valence electrons. The normalized spacial score (nSPS) is 17.9. The summed E-state index contributed by atoms with van der Waals surface area (Å²) >= 11 is 0. The van der Waals surface area contributed by atoms with E-state index in [-0.39, 0.29) is 18.0 Å². The van der Waals surface area contributed by atoms with Gasteiger partial charge >= 0.3 is 0 Å². The molecular weight excluding hydrogens is 508 g/mol. The van der Waals surface area contributed by atoms with Gasteiger partial charge in [-0.1, -0.05) is 6.07 Å². The lowest BCUT2D eigenvalue weighted by Crippen LogP contribution is -2.32. The zero-order chi connectivity index (χ0) is 27.3. The van der Waals surface area contributed by atoms with Gasteiger partial charge in [0.1, 0.15) is 23.4 Å². The molecule has 0 aromatic carbocycles. The quantitative estimate of drug-likeness (QED) is 0.353. The van der Waals surface area contributed by atoms with Gasteiger partial charge in [-0.05, 0) is 58.6 Å². The molecule has 4 heterocycles. The Balaban J connectivity index is 1.67. The number of aryl methyl sites for hydroxylation is 1. The van der Waals surface area contributed by atoms with Gasteiger partial charge in [-0.3, -0.25) is 0 Å². The maximum atomic E-state index is 13.8. The molecule has 3 atom stereocenters. The van der Waals surface area contributed by atoms with E-state index in [2.05, 4.69) is 25.1 Å². The van der Waals surface area contributed by atoms with Crippen LogP contribution in [-0.2, 0) is 31.6 Å². The molecule has 0 saturated carbocycles. The Hall–Kier alpha value is -2.96. The van der Waals surface area contributed by atoms with Crippen LogP contribution in [0.1, 0.15) is 63.3 Å². The summed E-state index contributed by atoms with van der Waals surface area (Å²) in [6.07, 6.45) is 5.13. The largest absolute Gasteiger partial charge is 0.481 e. The Bertz CT molecular complexity index is 1310. The number of aromatic nitrogens is 6. The second kappa shape index (κ2) is 12.3. The van der Waals surface area contributed by atoms with Gasteiger partial charge in [0.25, 0.3) is 0 Å². The molecule has 11 nitrogen and oxygen atoms in total. The highest BCUT2D eigenvalue weighted by molar-refractivity contribution is 7.91. The number of ether oxygens (including phenoxy) is 3. The van der Waals surface area contributed by atoms with E-state index < -0.39 is 21.2 Å². The maximum absolute atomic E-state index is 13.8. The zero-order valence-electron chi connectivity index (χ0n) is 22.6. The second-order valence-corrected chi connectivity index (χ2v) is 12.2. The first kappa shape index (κ1) is 28.1. The Morgan fingerprint density at radius 2 is 1.89 bits per heavy atom. The monoisotopic (exact) mass is 544 g/mol. The third-order valence-corrected chi connectivity index (χ3v) is 8.49. The molecule has 0 amide bonds. The fourth-order valence-corrected chi connectivity index (χ4v) is 5.75. The summed E-state index contributed by atoms with van der Waals surface area (Å²) < 4.78 is 46.6. The number of sulfone groups is 1. The Kier molecular flexibility index (Phi) is 9.06. The lowest BCUT2D eigenvalue weighted by atomic mass is 10.1. The van der Waals surface area contributed by atoms with Gasteiger partial charge < -0.3 is 18.8 Å². The van der Waals surface area contributed by atoms with Crippen LogP contribution in [0.4, 0.5) is 0 Å². The zero-order valence-corrected chi connectivity index (χ0v) is 23.4. The summed E-state index contributed by atoms with van der Waals surface area (Å²) in [4.78, 5) is 13.2. The van der Waals surface area contributed by atoms with Gasteiger partial charge in [-0.2, -0.15) is 0 Å². The Morgan fingerprint density at radius 3 is 2.55 bits per heavy atom. The standard InChI is InChI=1S/C26H36N6O5S/c1-17(2)37-24(25-27-13-18(3)14-28-25)19(4)38(33,34)16-22-30-31-26(21-10-8-11-23(29-21)35-5)32(22)15-20-9-6-7-12-36-20/h8,10-11,13-14,17,19-20,24H,6-7,9,12,15-16H2,1-5H3/t19-,20-,24+/m0/s1. The van der Waals surface area contributed by atoms with Crippen molar-refractivity contribution >= 4 is 9.84 Å². The van der Waals surface area contributed by atoms with Crippen LogP contribution in [0.3, 0.4) is 0 Å². The van der Waals surface area contributed by atoms with E-state index in [1.165, 1.54) is 0 Å². The fourth-order valence-electron chi connectivity index (χ4n) is 4.36. The highest BCUT2D eigenvalue weighted by Crippen LogP contribution is 2.29. The fraction of sp³-hybridized carbons (Fsp3) is 0.577. The smallest absolute Gasteiger partial charge is 0.213 e. The van der Waals surface area contributed by atoms with E-state index in [0.717, 1.165) is 24.8 Å². The number of pyridine rings is 1. The Labute approximate surface area is 223 Å². The molecule has 1 saturated heterocycles. The van der Waals surface area contributed by atoms with E-state index in [1.54, 1.807) is 38.6 Å². The molecule has 1 aliphatic heterocycles. The molecular formula is C26H36N6O5S. The molecule has 0 unspecified atom stereocenters. The van der Waals surface area contributed by atoms with Crippen LogP contribution in [0, 0.1) is 6.92 Å². The van der Waals surface area contributed by atoms with Crippen molar-refractivity contribution in [3.05, 3.63) is 47.8 Å². The highest BCUT2D eigenvalue weighted by Gasteiger charge is 2.36. The third-order valence-electron chi connectivity index (χ3n) is 6.45. The number of hydrogen-bond acceptors (Lipinski definition) is 10. The summed E-state index contributed by atoms with van der Waals surface area (Å²) in [5.41, 5.74) is 1.42. The summed E-state index contributed by atoms with van der Waals surface area (Å²) in [6, 6.07) is 5.35. The maximum Gasteiger partial charge on any atom is 0.213 e. The topological polar surface area (TPSA) is 131 Å². The van der Waals surface area contributed by atoms with Crippen LogP contribution in [0.2, 0.25) is 0 Å². The van der Waals surface area contributed by atoms with Crippen molar-refractivity contribution in [3.63, 3.8) is 0 Å². The van der Waals surface area contributed by atoms with Gasteiger partial charge in [-0.15, -0.1) is 10.2 Å². The lowest BCUT2D eigenvalue weighted by Gasteiger charge is -2.26. The molecule has 4 rings (SSSR count). The molecule has 0 N–H and O–H groups in total. The molecule has 1 fully saturated rings. The van der Waals surface area contributed by atoms with Crippen LogP contribution >= 0.6 is 0 Å². The lowest BCUT2D eigenvalue weighted by molar-refractivity contribution is 0.00131. The van der Waals surface area contributed by atoms with Gasteiger partial charge in [-0.25, -0.2) is 23.4 Å². The predicted octanol–water partition coefficient (Wildman–Crippen LogP) is 3.49. The molecule has 0 bridgehead atoms. The van der Waals surface area contributed by atoms with Crippen LogP contribution in [-0.4, -0.2) is 69.3 Å². The average molecular weight is 545 g/mol. The van der Waals surface area contributed by atoms with Crippen molar-refractivity contribution in [2.45, 2.75) is 82.8 Å². The summed E-state index contributed by atoms with van der Waals surface area (Å²) in [6.45, 7) is 8.31. The summed E-state index contributed by atoms with van der Waals surface area (Å²) in [7, 11) is -2.23. The van der Waals surface area contributed by atoms with E-state index in [9.17, 15) is 8.42 Å². The predicted molar refractivity (Wildman–Crippen MR) is 141 cm³/mol. The average Bonchev–Trinajstić information content (AvgIpc) is 3.29. The molecule has 0 aliphatic carbocycles. The minimum atomic E-state index is -3.78. The van der Waals surface area contributed by atoms with Crippen LogP contribution < -0.4 is 4.74 Å². The summed E-state index contributed by atoms with van der Waals surface area (Å²) in [5.74, 6) is 1.22. The number of methoxy groups -OCH3 is 1. The van der Waals surface area contributed by atoms with Gasteiger partial charge in [0.05, 0.1) is 31.1 Å². The van der Waals surface area contributed by atoms with Crippen molar-refractivity contribution in [3.8, 4) is 17.4 Å². The number of hydrogen-bond donors (Lipinski definition) is 0. The molecule has 1 aliphatic rings. The molecule has 38 heavy (non-hydrogen) atoms. The molecule has 12 heteroatoms. The SMILES string of the molecule is COc1cccc(-c2nnc(CS(=O)(=O)[C@@H](C)[C@@H](OC(C)C)c3ncc(C)cn3)n2C[C@@H]2CCCCO2)n1. The molecule has 3 aromatic heterocycles. The first-order valence-electron chi connectivity index (χ1n) is 12.9. The van der Waals surface area contributed by atoms with Gasteiger partial charge in [0, 0.05) is 25.1 Å². The Morgan fingerprint density at radius 1 is 1.13 bits per heavy atom. The van der Waals surface area contributed by atoms with Gasteiger partial charge in [0.2, 0.25) is 5.88 Å². The first-order valence-corrected chi connectivity index (χ1v) is 14.6. The van der Waals surface area contributed by atoms with Crippen molar-refractivity contribution in [2.75, 3.05) is 13.7 Å². The van der Waals surface area contributed by atoms with E-state index in [0.29, 0.717) is 42.2 Å². The summed E-state index contributed by atoms with van der Waals surface area (Å²) in [5, 5.41) is 7.73. The van der Waals surface area contributed by atoms with Crippen molar-refractivity contribution in [2.24, 2.45) is 0 Å². The molecule has 3 aromatic rings. The number of nitrogens with zero attached hydrogens (tertiary/aromatic N) is 6.